The lowest BCUT2D eigenvalue weighted by molar-refractivity contribution is 0.0944. The average Bonchev–Trinajstić information content (AvgIpc) is 2.63. The number of nitrogens with two attached hydrogens (primary N) is 1. The molecule has 2 rings (SSSR count). The van der Waals surface area contributed by atoms with E-state index in [4.69, 9.17) is 10.2 Å². The molecule has 0 atom stereocenters. The van der Waals surface area contributed by atoms with Crippen LogP contribution in [0.5, 0.6) is 0 Å². The summed E-state index contributed by atoms with van der Waals surface area (Å²) in [4.78, 5) is 19.7. The number of oxazole rings is 1. The Balaban J connectivity index is 2.53. The molecule has 16 heavy (non-hydrogen) atoms. The fraction of sp³-hybridized carbons (Fsp3) is 0.300. The highest BCUT2D eigenvalue weighted by atomic mass is 16.3. The maximum absolute atomic E-state index is 11.9. The van der Waals surface area contributed by atoms with Gasteiger partial charge in [0, 0.05) is 6.04 Å². The number of pyridine rings is 1. The van der Waals surface area contributed by atoms with Gasteiger partial charge in [0.2, 0.25) is 0 Å². The summed E-state index contributed by atoms with van der Waals surface area (Å²) in [6, 6.07) is 0.0186. The van der Waals surface area contributed by atoms with Crippen molar-refractivity contribution in [2.45, 2.75) is 19.9 Å². The van der Waals surface area contributed by atoms with E-state index in [0.717, 1.165) is 0 Å². The molecule has 84 valence electrons. The van der Waals surface area contributed by atoms with Crippen LogP contribution in [0.25, 0.3) is 11.1 Å². The molecule has 0 aliphatic rings. The number of nitrogens with one attached hydrogen (secondary N) is 1. The van der Waals surface area contributed by atoms with Gasteiger partial charge in [0.05, 0.1) is 6.20 Å². The number of carbonyl (C=O) groups is 1. The number of nitrogen functional groups attached to an aromatic ring is 1. The van der Waals surface area contributed by atoms with E-state index in [1.165, 1.54) is 12.6 Å². The van der Waals surface area contributed by atoms with E-state index in [-0.39, 0.29) is 23.3 Å². The normalized spacial score (nSPS) is 10.9. The van der Waals surface area contributed by atoms with Gasteiger partial charge in [-0.05, 0) is 13.8 Å². The summed E-state index contributed by atoms with van der Waals surface area (Å²) in [5.74, 6) is -0.162. The summed E-state index contributed by atoms with van der Waals surface area (Å²) in [7, 11) is 0. The molecule has 0 unspecified atom stereocenters. The van der Waals surface area contributed by atoms with Crippen LogP contribution < -0.4 is 11.1 Å². The van der Waals surface area contributed by atoms with E-state index in [9.17, 15) is 4.79 Å². The molecule has 3 N–H and O–H groups in total. The molecule has 6 nitrogen and oxygen atoms in total. The van der Waals surface area contributed by atoms with Crippen molar-refractivity contribution in [3.63, 3.8) is 0 Å². The lowest BCUT2D eigenvalue weighted by atomic mass is 10.2. The Kier molecular flexibility index (Phi) is 2.47. The molecule has 2 aromatic heterocycles. The summed E-state index contributed by atoms with van der Waals surface area (Å²) >= 11 is 0. The largest absolute Gasteiger partial charge is 0.442 e. The van der Waals surface area contributed by atoms with E-state index in [1.54, 1.807) is 0 Å². The number of hydrogen-bond acceptors (Lipinski definition) is 5. The van der Waals surface area contributed by atoms with Gasteiger partial charge in [0.25, 0.3) is 5.91 Å². The number of fused-ring (bicyclic) bond motifs is 1. The van der Waals surface area contributed by atoms with Crippen molar-refractivity contribution in [3.8, 4) is 0 Å². The Morgan fingerprint density at radius 2 is 2.25 bits per heavy atom. The Bertz CT molecular complexity index is 533. The third-order valence-corrected chi connectivity index (χ3v) is 2.05. The maximum atomic E-state index is 11.9. The molecule has 0 aliphatic heterocycles. The van der Waals surface area contributed by atoms with Gasteiger partial charge in [0.15, 0.2) is 12.0 Å². The van der Waals surface area contributed by atoms with Crippen molar-refractivity contribution >= 4 is 22.8 Å². The lowest BCUT2D eigenvalue weighted by Crippen LogP contribution is -2.31. The van der Waals surface area contributed by atoms with E-state index in [0.29, 0.717) is 11.1 Å². The van der Waals surface area contributed by atoms with Crippen LogP contribution in [0, 0.1) is 0 Å². The highest BCUT2D eigenvalue weighted by molar-refractivity contribution is 6.07. The highest BCUT2D eigenvalue weighted by Gasteiger charge is 2.18. The van der Waals surface area contributed by atoms with Crippen LogP contribution in [0.2, 0.25) is 0 Å². The van der Waals surface area contributed by atoms with Crippen molar-refractivity contribution in [3.05, 3.63) is 18.2 Å². The van der Waals surface area contributed by atoms with Gasteiger partial charge in [0.1, 0.15) is 16.9 Å². The summed E-state index contributed by atoms with van der Waals surface area (Å²) < 4.78 is 5.14. The Labute approximate surface area is 91.9 Å². The van der Waals surface area contributed by atoms with Crippen LogP contribution in [0.3, 0.4) is 0 Å². The third kappa shape index (κ3) is 1.69. The number of aromatic nitrogens is 2. The van der Waals surface area contributed by atoms with Gasteiger partial charge < -0.3 is 15.5 Å². The zero-order valence-electron chi connectivity index (χ0n) is 9.02. The smallest absolute Gasteiger partial charge is 0.259 e. The van der Waals surface area contributed by atoms with Crippen LogP contribution >= 0.6 is 0 Å². The zero-order valence-corrected chi connectivity index (χ0v) is 9.02. The van der Waals surface area contributed by atoms with Crippen molar-refractivity contribution in [1.82, 2.24) is 15.3 Å². The predicted octanol–water partition coefficient (Wildman–Crippen LogP) is 0.943. The topological polar surface area (TPSA) is 94.0 Å². The van der Waals surface area contributed by atoms with Crippen LogP contribution in [-0.2, 0) is 0 Å². The summed E-state index contributed by atoms with van der Waals surface area (Å²) in [5, 5.41) is 2.74. The number of hydrogen-bond donors (Lipinski definition) is 2. The number of anilines is 1. The minimum atomic E-state index is -0.303. The highest BCUT2D eigenvalue weighted by Crippen LogP contribution is 2.21. The zero-order chi connectivity index (χ0) is 11.7. The molecule has 0 fully saturated rings. The lowest BCUT2D eigenvalue weighted by Gasteiger charge is -2.09. The van der Waals surface area contributed by atoms with E-state index >= 15 is 0 Å². The third-order valence-electron chi connectivity index (χ3n) is 2.05. The molecule has 0 bridgehead atoms. The van der Waals surface area contributed by atoms with E-state index < -0.39 is 0 Å². The van der Waals surface area contributed by atoms with Crippen molar-refractivity contribution < 1.29 is 9.21 Å². The van der Waals surface area contributed by atoms with Crippen LogP contribution in [0.1, 0.15) is 24.2 Å². The maximum Gasteiger partial charge on any atom is 0.259 e. The minimum absolute atomic E-state index is 0.0186. The van der Waals surface area contributed by atoms with Crippen molar-refractivity contribution in [2.24, 2.45) is 0 Å². The number of amides is 1. The van der Waals surface area contributed by atoms with Crippen LogP contribution in [0.4, 0.5) is 5.82 Å². The van der Waals surface area contributed by atoms with E-state index in [1.807, 2.05) is 13.8 Å². The van der Waals surface area contributed by atoms with Crippen molar-refractivity contribution in [1.29, 1.82) is 0 Å². The second-order valence-corrected chi connectivity index (χ2v) is 3.71. The van der Waals surface area contributed by atoms with E-state index in [2.05, 4.69) is 15.3 Å². The molecule has 0 aromatic carbocycles. The second kappa shape index (κ2) is 3.80. The fourth-order valence-electron chi connectivity index (χ4n) is 1.40. The van der Waals surface area contributed by atoms with Gasteiger partial charge in [-0.2, -0.15) is 0 Å². The number of nitrogens with zero attached hydrogens (tertiary/aromatic N) is 2. The van der Waals surface area contributed by atoms with Gasteiger partial charge in [-0.1, -0.05) is 0 Å². The molecule has 0 saturated heterocycles. The first-order chi connectivity index (χ1) is 7.59. The Morgan fingerprint density at radius 3 is 2.94 bits per heavy atom. The SMILES string of the molecule is CC(C)NC(=O)c1c(N)ncc2ncoc12. The van der Waals surface area contributed by atoms with Crippen LogP contribution in [0.15, 0.2) is 17.0 Å². The first-order valence-corrected chi connectivity index (χ1v) is 4.88. The molecule has 0 aliphatic carbocycles. The van der Waals surface area contributed by atoms with Gasteiger partial charge in [-0.3, -0.25) is 4.79 Å². The van der Waals surface area contributed by atoms with Gasteiger partial charge >= 0.3 is 0 Å². The molecular formula is C10H12N4O2. The second-order valence-electron chi connectivity index (χ2n) is 3.71. The standard InChI is InChI=1S/C10H12N4O2/c1-5(2)14-10(15)7-8-6(13-4-16-8)3-12-9(7)11/h3-5H,1-2H3,(H2,11,12)(H,14,15). The molecule has 6 heteroatoms. The molecule has 0 spiro atoms. The quantitative estimate of drug-likeness (QED) is 0.785. The number of carbonyl (C=O) groups excluding carboxylic acids is 1. The predicted molar refractivity (Wildman–Crippen MR) is 58.8 cm³/mol. The molecule has 1 amide bonds. The minimum Gasteiger partial charge on any atom is -0.442 e. The molecular weight excluding hydrogens is 208 g/mol. The molecule has 0 radical (unpaired) electrons. The average molecular weight is 220 g/mol. The molecule has 0 saturated carbocycles. The summed E-state index contributed by atoms with van der Waals surface area (Å²) in [6.45, 7) is 3.73. The Hall–Kier alpha value is -2.11. The van der Waals surface area contributed by atoms with Crippen LogP contribution in [-0.4, -0.2) is 21.9 Å². The molecule has 2 aromatic rings. The summed E-state index contributed by atoms with van der Waals surface area (Å²) in [6.07, 6.45) is 2.73. The van der Waals surface area contributed by atoms with Crippen molar-refractivity contribution in [2.75, 3.05) is 5.73 Å². The summed E-state index contributed by atoms with van der Waals surface area (Å²) in [5.41, 5.74) is 6.79. The Morgan fingerprint density at radius 1 is 1.50 bits per heavy atom. The fourth-order valence-corrected chi connectivity index (χ4v) is 1.40. The first-order valence-electron chi connectivity index (χ1n) is 4.88. The number of rotatable bonds is 2. The van der Waals surface area contributed by atoms with Gasteiger partial charge in [-0.25, -0.2) is 9.97 Å². The monoisotopic (exact) mass is 220 g/mol. The first kappa shape index (κ1) is 10.4. The molecule has 2 heterocycles. The van der Waals surface area contributed by atoms with Gasteiger partial charge in [-0.15, -0.1) is 0 Å².